The molecule has 0 spiro atoms. The van der Waals surface area contributed by atoms with Crippen LogP contribution in [-0.4, -0.2) is 46.2 Å². The standard InChI is InChI=1S/C19H22N2O3/c1-14-3-6-16(7-4-14)24-13-19(23)9-10-21(12-19)18(22)17-8-5-15(2)11-20-17/h3-8,11,23H,9-10,12-13H2,1-2H3/t19-/m1/s1. The first kappa shape index (κ1) is 16.5. The van der Waals surface area contributed by atoms with Crippen molar-refractivity contribution in [3.63, 3.8) is 0 Å². The van der Waals surface area contributed by atoms with Gasteiger partial charge in [-0.15, -0.1) is 0 Å². The summed E-state index contributed by atoms with van der Waals surface area (Å²) in [5, 5.41) is 10.7. The predicted octanol–water partition coefficient (Wildman–Crippen LogP) is 2.35. The van der Waals surface area contributed by atoms with Gasteiger partial charge in [0.2, 0.25) is 0 Å². The van der Waals surface area contributed by atoms with Crippen molar-refractivity contribution in [1.82, 2.24) is 9.88 Å². The molecular weight excluding hydrogens is 304 g/mol. The van der Waals surface area contributed by atoms with Crippen LogP contribution in [0, 0.1) is 13.8 Å². The SMILES string of the molecule is Cc1ccc(OC[C@@]2(O)CCN(C(=O)c3ccc(C)cn3)C2)cc1. The lowest BCUT2D eigenvalue weighted by molar-refractivity contribution is 0.00425. The number of carbonyl (C=O) groups excluding carboxylic acids is 1. The first-order chi connectivity index (χ1) is 11.5. The Hall–Kier alpha value is -2.40. The van der Waals surface area contributed by atoms with Crippen molar-refractivity contribution in [2.24, 2.45) is 0 Å². The minimum absolute atomic E-state index is 0.152. The van der Waals surface area contributed by atoms with Gasteiger partial charge in [-0.1, -0.05) is 23.8 Å². The molecule has 0 unspecified atom stereocenters. The van der Waals surface area contributed by atoms with Gasteiger partial charge in [0.15, 0.2) is 0 Å². The highest BCUT2D eigenvalue weighted by Gasteiger charge is 2.39. The van der Waals surface area contributed by atoms with Gasteiger partial charge in [0.1, 0.15) is 23.7 Å². The number of carbonyl (C=O) groups is 1. The monoisotopic (exact) mass is 326 g/mol. The van der Waals surface area contributed by atoms with Gasteiger partial charge in [-0.25, -0.2) is 0 Å². The summed E-state index contributed by atoms with van der Waals surface area (Å²) in [6.07, 6.45) is 2.17. The molecule has 2 heterocycles. The summed E-state index contributed by atoms with van der Waals surface area (Å²) in [7, 11) is 0. The molecule has 1 aromatic heterocycles. The number of nitrogens with zero attached hydrogens (tertiary/aromatic N) is 2. The van der Waals surface area contributed by atoms with E-state index in [1.165, 1.54) is 0 Å². The van der Waals surface area contributed by atoms with Crippen molar-refractivity contribution in [1.29, 1.82) is 0 Å². The molecule has 0 bridgehead atoms. The van der Waals surface area contributed by atoms with E-state index in [2.05, 4.69) is 4.98 Å². The van der Waals surface area contributed by atoms with E-state index in [0.29, 0.717) is 18.7 Å². The van der Waals surface area contributed by atoms with Gasteiger partial charge in [0.05, 0.1) is 6.54 Å². The summed E-state index contributed by atoms with van der Waals surface area (Å²) in [6, 6.07) is 11.3. The van der Waals surface area contributed by atoms with Crippen molar-refractivity contribution < 1.29 is 14.6 Å². The zero-order chi connectivity index (χ0) is 17.2. The molecule has 1 amide bonds. The molecule has 5 heteroatoms. The van der Waals surface area contributed by atoms with Crippen LogP contribution in [-0.2, 0) is 0 Å². The fourth-order valence-corrected chi connectivity index (χ4v) is 2.76. The van der Waals surface area contributed by atoms with Crippen molar-refractivity contribution >= 4 is 5.91 Å². The van der Waals surface area contributed by atoms with E-state index in [9.17, 15) is 9.90 Å². The maximum Gasteiger partial charge on any atom is 0.272 e. The van der Waals surface area contributed by atoms with Crippen LogP contribution in [0.25, 0.3) is 0 Å². The summed E-state index contributed by atoms with van der Waals surface area (Å²) >= 11 is 0. The molecule has 5 nitrogen and oxygen atoms in total. The lowest BCUT2D eigenvalue weighted by atomic mass is 10.1. The van der Waals surface area contributed by atoms with E-state index < -0.39 is 5.60 Å². The first-order valence-corrected chi connectivity index (χ1v) is 8.09. The van der Waals surface area contributed by atoms with Crippen LogP contribution in [0.4, 0.5) is 0 Å². The number of ether oxygens (including phenoxy) is 1. The Kier molecular flexibility index (Phi) is 4.53. The van der Waals surface area contributed by atoms with Crippen LogP contribution in [0.1, 0.15) is 28.0 Å². The Labute approximate surface area is 141 Å². The van der Waals surface area contributed by atoms with Crippen LogP contribution in [0.5, 0.6) is 5.75 Å². The summed E-state index contributed by atoms with van der Waals surface area (Å²) in [5.74, 6) is 0.570. The lowest BCUT2D eigenvalue weighted by Crippen LogP contribution is -2.40. The maximum absolute atomic E-state index is 12.5. The van der Waals surface area contributed by atoms with Gasteiger partial charge < -0.3 is 14.7 Å². The van der Waals surface area contributed by atoms with Crippen LogP contribution < -0.4 is 4.74 Å². The fourth-order valence-electron chi connectivity index (χ4n) is 2.76. The summed E-state index contributed by atoms with van der Waals surface area (Å²) < 4.78 is 5.69. The summed E-state index contributed by atoms with van der Waals surface area (Å²) in [4.78, 5) is 18.3. The largest absolute Gasteiger partial charge is 0.491 e. The number of aryl methyl sites for hydroxylation is 2. The van der Waals surface area contributed by atoms with E-state index in [-0.39, 0.29) is 19.1 Å². The Balaban J connectivity index is 1.59. The number of amides is 1. The van der Waals surface area contributed by atoms with Gasteiger partial charge in [0.25, 0.3) is 5.91 Å². The normalized spacial score (nSPS) is 20.2. The third-order valence-corrected chi connectivity index (χ3v) is 4.28. The number of likely N-dealkylation sites (tertiary alicyclic amines) is 1. The van der Waals surface area contributed by atoms with Crippen molar-refractivity contribution in [2.45, 2.75) is 25.9 Å². The maximum atomic E-state index is 12.5. The molecule has 1 fully saturated rings. The Morgan fingerprint density at radius 3 is 2.58 bits per heavy atom. The zero-order valence-corrected chi connectivity index (χ0v) is 14.0. The minimum atomic E-state index is -1.02. The van der Waals surface area contributed by atoms with Gasteiger partial charge >= 0.3 is 0 Å². The zero-order valence-electron chi connectivity index (χ0n) is 14.0. The number of benzene rings is 1. The van der Waals surface area contributed by atoms with Gasteiger partial charge in [-0.2, -0.15) is 0 Å². The van der Waals surface area contributed by atoms with Gasteiger partial charge in [-0.05, 0) is 44.0 Å². The Morgan fingerprint density at radius 2 is 1.92 bits per heavy atom. The van der Waals surface area contributed by atoms with Crippen LogP contribution in [0.2, 0.25) is 0 Å². The average Bonchev–Trinajstić information content (AvgIpc) is 2.97. The van der Waals surface area contributed by atoms with E-state index in [1.54, 1.807) is 17.2 Å². The van der Waals surface area contributed by atoms with Gasteiger partial charge in [0, 0.05) is 12.7 Å². The Morgan fingerprint density at radius 1 is 1.21 bits per heavy atom. The average molecular weight is 326 g/mol. The first-order valence-electron chi connectivity index (χ1n) is 8.09. The molecule has 1 aliphatic rings. The number of aromatic nitrogens is 1. The number of hydrogen-bond acceptors (Lipinski definition) is 4. The second-order valence-electron chi connectivity index (χ2n) is 6.52. The molecule has 3 rings (SSSR count). The lowest BCUT2D eigenvalue weighted by Gasteiger charge is -2.23. The van der Waals surface area contributed by atoms with E-state index in [0.717, 1.165) is 16.9 Å². The molecule has 1 aliphatic heterocycles. The summed E-state index contributed by atoms with van der Waals surface area (Å²) in [6.45, 7) is 4.87. The third kappa shape index (κ3) is 3.74. The smallest absolute Gasteiger partial charge is 0.272 e. The number of β-amino-alcohol motifs (C(OH)–C–C–N with tert-alkyl or cyclic N) is 1. The molecule has 126 valence electrons. The molecule has 1 saturated heterocycles. The highest BCUT2D eigenvalue weighted by Crippen LogP contribution is 2.24. The van der Waals surface area contributed by atoms with E-state index in [4.69, 9.17) is 4.74 Å². The van der Waals surface area contributed by atoms with Crippen molar-refractivity contribution in [3.8, 4) is 5.75 Å². The Bertz CT molecular complexity index is 712. The molecule has 2 aromatic rings. The highest BCUT2D eigenvalue weighted by molar-refractivity contribution is 5.92. The number of rotatable bonds is 4. The second kappa shape index (κ2) is 6.61. The molecule has 0 aliphatic carbocycles. The van der Waals surface area contributed by atoms with Crippen molar-refractivity contribution in [3.05, 3.63) is 59.4 Å². The number of pyridine rings is 1. The highest BCUT2D eigenvalue weighted by atomic mass is 16.5. The van der Waals surface area contributed by atoms with E-state index >= 15 is 0 Å². The number of hydrogen-bond donors (Lipinski definition) is 1. The van der Waals surface area contributed by atoms with Gasteiger partial charge in [-0.3, -0.25) is 9.78 Å². The van der Waals surface area contributed by atoms with Crippen LogP contribution >= 0.6 is 0 Å². The predicted molar refractivity (Wildman–Crippen MR) is 91.1 cm³/mol. The van der Waals surface area contributed by atoms with E-state index in [1.807, 2.05) is 44.2 Å². The fraction of sp³-hybridized carbons (Fsp3) is 0.368. The molecule has 24 heavy (non-hydrogen) atoms. The second-order valence-corrected chi connectivity index (χ2v) is 6.52. The number of aliphatic hydroxyl groups is 1. The topological polar surface area (TPSA) is 62.7 Å². The molecule has 1 N–H and O–H groups in total. The van der Waals surface area contributed by atoms with Crippen LogP contribution in [0.3, 0.4) is 0 Å². The molecular formula is C19H22N2O3. The van der Waals surface area contributed by atoms with Crippen molar-refractivity contribution in [2.75, 3.05) is 19.7 Å². The molecule has 0 saturated carbocycles. The molecule has 1 atom stereocenters. The van der Waals surface area contributed by atoms with Crippen LogP contribution in [0.15, 0.2) is 42.6 Å². The molecule has 1 aromatic carbocycles. The third-order valence-electron chi connectivity index (χ3n) is 4.28. The minimum Gasteiger partial charge on any atom is -0.491 e. The quantitative estimate of drug-likeness (QED) is 0.937. The molecule has 0 radical (unpaired) electrons. The summed E-state index contributed by atoms with van der Waals surface area (Å²) in [5.41, 5.74) is 1.55.